The van der Waals surface area contributed by atoms with Crippen molar-refractivity contribution in [2.24, 2.45) is 0 Å². The Bertz CT molecular complexity index is 1080. The number of carbonyl (C=O) groups excluding carboxylic acids is 2. The van der Waals surface area contributed by atoms with Crippen molar-refractivity contribution < 1.29 is 14.7 Å². The van der Waals surface area contributed by atoms with Crippen LogP contribution in [-0.4, -0.2) is 21.8 Å². The van der Waals surface area contributed by atoms with Crippen molar-refractivity contribution in [2.45, 2.75) is 18.6 Å². The molecule has 0 aliphatic carbocycles. The maximum absolute atomic E-state index is 13.3. The van der Waals surface area contributed by atoms with Gasteiger partial charge in [0.05, 0.1) is 18.7 Å². The average molecular weight is 427 g/mol. The SMILES string of the molecule is O=C(CC1(O)C(=O)N(Cc2c(Cl)cccc2Cl)c2ccccc21)c1ccccn1. The van der Waals surface area contributed by atoms with Gasteiger partial charge in [-0.3, -0.25) is 14.6 Å². The first-order valence-electron chi connectivity index (χ1n) is 8.93. The van der Waals surface area contributed by atoms with E-state index in [4.69, 9.17) is 23.2 Å². The minimum atomic E-state index is -1.99. The predicted octanol–water partition coefficient (Wildman–Crippen LogP) is 4.40. The molecule has 0 spiro atoms. The van der Waals surface area contributed by atoms with Crippen LogP contribution < -0.4 is 4.90 Å². The van der Waals surface area contributed by atoms with Crippen LogP contribution in [0.15, 0.2) is 66.9 Å². The highest BCUT2D eigenvalue weighted by Crippen LogP contribution is 2.44. The summed E-state index contributed by atoms with van der Waals surface area (Å²) in [6.45, 7) is 0.0778. The molecule has 1 aliphatic rings. The standard InChI is InChI=1S/C22H16Cl2N2O3/c23-16-7-5-8-17(24)14(16)13-26-19-10-2-1-6-15(19)22(29,21(26)28)12-20(27)18-9-3-4-11-25-18/h1-11,29H,12-13H2. The van der Waals surface area contributed by atoms with Crippen LogP contribution in [0.1, 0.15) is 28.0 Å². The molecule has 1 N–H and O–H groups in total. The second-order valence-corrected chi connectivity index (χ2v) is 7.60. The van der Waals surface area contributed by atoms with Crippen LogP contribution in [0.4, 0.5) is 5.69 Å². The summed E-state index contributed by atoms with van der Waals surface area (Å²) in [5.74, 6) is -1.02. The lowest BCUT2D eigenvalue weighted by molar-refractivity contribution is -0.136. The summed E-state index contributed by atoms with van der Waals surface area (Å²) in [6.07, 6.45) is 1.08. The van der Waals surface area contributed by atoms with E-state index in [0.29, 0.717) is 26.9 Å². The summed E-state index contributed by atoms with van der Waals surface area (Å²) in [4.78, 5) is 31.4. The van der Waals surface area contributed by atoms with Gasteiger partial charge in [0.25, 0.3) is 5.91 Å². The molecule has 5 nitrogen and oxygen atoms in total. The lowest BCUT2D eigenvalue weighted by Gasteiger charge is -2.23. The van der Waals surface area contributed by atoms with Crippen LogP contribution in [-0.2, 0) is 16.9 Å². The molecule has 0 saturated heterocycles. The van der Waals surface area contributed by atoms with E-state index in [1.165, 1.54) is 11.1 Å². The van der Waals surface area contributed by atoms with Crippen LogP contribution in [0.25, 0.3) is 0 Å². The smallest absolute Gasteiger partial charge is 0.264 e. The Morgan fingerprint density at radius 3 is 2.38 bits per heavy atom. The normalized spacial score (nSPS) is 18.0. The van der Waals surface area contributed by atoms with E-state index in [-0.39, 0.29) is 12.2 Å². The summed E-state index contributed by atoms with van der Waals surface area (Å²) in [5.41, 5.74) is -0.334. The van der Waals surface area contributed by atoms with E-state index < -0.39 is 23.7 Å². The van der Waals surface area contributed by atoms with Gasteiger partial charge in [-0.15, -0.1) is 0 Å². The Balaban J connectivity index is 1.72. The van der Waals surface area contributed by atoms with Gasteiger partial charge < -0.3 is 10.0 Å². The van der Waals surface area contributed by atoms with E-state index in [2.05, 4.69) is 4.98 Å². The Labute approximate surface area is 177 Å². The lowest BCUT2D eigenvalue weighted by atomic mass is 9.89. The van der Waals surface area contributed by atoms with Gasteiger partial charge in [-0.25, -0.2) is 0 Å². The first-order chi connectivity index (χ1) is 13.9. The minimum absolute atomic E-state index is 0.0778. The molecule has 1 atom stereocenters. The van der Waals surface area contributed by atoms with Crippen molar-refractivity contribution in [3.63, 3.8) is 0 Å². The van der Waals surface area contributed by atoms with Crippen molar-refractivity contribution in [1.82, 2.24) is 4.98 Å². The molecule has 2 aromatic carbocycles. The third-order valence-corrected chi connectivity index (χ3v) is 5.69. The first-order valence-corrected chi connectivity index (χ1v) is 9.68. The number of hydrogen-bond donors (Lipinski definition) is 1. The zero-order valence-electron chi connectivity index (χ0n) is 15.2. The van der Waals surface area contributed by atoms with Gasteiger partial charge >= 0.3 is 0 Å². The average Bonchev–Trinajstić information content (AvgIpc) is 2.93. The highest BCUT2D eigenvalue weighted by Gasteiger charge is 2.51. The van der Waals surface area contributed by atoms with Gasteiger partial charge in [0, 0.05) is 27.4 Å². The second-order valence-electron chi connectivity index (χ2n) is 6.78. The molecule has 0 radical (unpaired) electrons. The summed E-state index contributed by atoms with van der Waals surface area (Å²) in [6, 6.07) is 16.9. The molecule has 1 unspecified atom stereocenters. The third-order valence-electron chi connectivity index (χ3n) is 4.98. The molecule has 4 rings (SSSR count). The number of amides is 1. The zero-order chi connectivity index (χ0) is 20.6. The molecule has 7 heteroatoms. The maximum atomic E-state index is 13.3. The van der Waals surface area contributed by atoms with Crippen molar-refractivity contribution in [1.29, 1.82) is 0 Å². The molecule has 29 heavy (non-hydrogen) atoms. The lowest BCUT2D eigenvalue weighted by Crippen LogP contribution is -2.41. The first kappa shape index (κ1) is 19.6. The van der Waals surface area contributed by atoms with Gasteiger partial charge in [0.2, 0.25) is 0 Å². The topological polar surface area (TPSA) is 70.5 Å². The van der Waals surface area contributed by atoms with Crippen LogP contribution in [0, 0.1) is 0 Å². The fraction of sp³-hybridized carbons (Fsp3) is 0.136. The van der Waals surface area contributed by atoms with Crippen molar-refractivity contribution in [3.05, 3.63) is 93.7 Å². The Kier molecular flexibility index (Phi) is 5.13. The Morgan fingerprint density at radius 2 is 1.69 bits per heavy atom. The largest absolute Gasteiger partial charge is 0.375 e. The Morgan fingerprint density at radius 1 is 1.00 bits per heavy atom. The molecule has 146 valence electrons. The van der Waals surface area contributed by atoms with Crippen molar-refractivity contribution >= 4 is 40.6 Å². The summed E-state index contributed by atoms with van der Waals surface area (Å²) in [5, 5.41) is 12.2. The number of pyridine rings is 1. The highest BCUT2D eigenvalue weighted by molar-refractivity contribution is 6.36. The Hall–Kier alpha value is -2.73. The number of carbonyl (C=O) groups is 2. The number of para-hydroxylation sites is 1. The molecule has 1 amide bonds. The third kappa shape index (κ3) is 3.42. The van der Waals surface area contributed by atoms with Crippen LogP contribution in [0.2, 0.25) is 10.0 Å². The molecule has 2 heterocycles. The van der Waals surface area contributed by atoms with E-state index in [1.807, 2.05) is 0 Å². The second kappa shape index (κ2) is 7.59. The molecule has 0 saturated carbocycles. The molecule has 1 aliphatic heterocycles. The fourth-order valence-corrected chi connectivity index (χ4v) is 4.04. The van der Waals surface area contributed by atoms with E-state index in [1.54, 1.807) is 60.7 Å². The number of anilines is 1. The van der Waals surface area contributed by atoms with Gasteiger partial charge in [0.1, 0.15) is 5.69 Å². The number of hydrogen-bond acceptors (Lipinski definition) is 4. The number of fused-ring (bicyclic) bond motifs is 1. The number of benzene rings is 2. The van der Waals surface area contributed by atoms with Gasteiger partial charge in [0.15, 0.2) is 11.4 Å². The van der Waals surface area contributed by atoms with Crippen LogP contribution in [0.3, 0.4) is 0 Å². The van der Waals surface area contributed by atoms with Crippen molar-refractivity contribution in [3.8, 4) is 0 Å². The highest BCUT2D eigenvalue weighted by atomic mass is 35.5. The number of Topliss-reactive ketones (excluding diaryl/α,β-unsaturated/α-hetero) is 1. The van der Waals surface area contributed by atoms with Crippen molar-refractivity contribution in [2.75, 3.05) is 4.90 Å². The summed E-state index contributed by atoms with van der Waals surface area (Å²) < 4.78 is 0. The van der Waals surface area contributed by atoms with Gasteiger partial charge in [-0.05, 0) is 30.3 Å². The van der Waals surface area contributed by atoms with Gasteiger partial charge in [-0.2, -0.15) is 0 Å². The van der Waals surface area contributed by atoms with Crippen LogP contribution >= 0.6 is 23.2 Å². The molecule has 0 fully saturated rings. The van der Waals surface area contributed by atoms with E-state index in [0.717, 1.165) is 0 Å². The molecular weight excluding hydrogens is 411 g/mol. The molecule has 3 aromatic rings. The number of nitrogens with zero attached hydrogens (tertiary/aromatic N) is 2. The molecule has 0 bridgehead atoms. The molecular formula is C22H16Cl2N2O3. The van der Waals surface area contributed by atoms with Crippen LogP contribution in [0.5, 0.6) is 0 Å². The number of rotatable bonds is 5. The van der Waals surface area contributed by atoms with E-state index >= 15 is 0 Å². The number of ketones is 1. The summed E-state index contributed by atoms with van der Waals surface area (Å²) >= 11 is 12.5. The quantitative estimate of drug-likeness (QED) is 0.613. The maximum Gasteiger partial charge on any atom is 0.264 e. The molecule has 1 aromatic heterocycles. The zero-order valence-corrected chi connectivity index (χ0v) is 16.7. The number of aromatic nitrogens is 1. The van der Waals surface area contributed by atoms with Gasteiger partial charge in [-0.1, -0.05) is 53.5 Å². The summed E-state index contributed by atoms with van der Waals surface area (Å²) in [7, 11) is 0. The number of halogens is 2. The monoisotopic (exact) mass is 426 g/mol. The predicted molar refractivity (Wildman–Crippen MR) is 111 cm³/mol. The van der Waals surface area contributed by atoms with E-state index in [9.17, 15) is 14.7 Å². The minimum Gasteiger partial charge on any atom is -0.375 e. The fourth-order valence-electron chi connectivity index (χ4n) is 3.53. The number of aliphatic hydroxyl groups is 1.